The molecule has 4 heteroatoms. The van der Waals surface area contributed by atoms with Crippen LogP contribution in [0, 0.1) is 35.5 Å². The number of rotatable bonds is 0. The molecule has 104 valence electrons. The number of carbonyl (C=O) groups is 2. The summed E-state index contributed by atoms with van der Waals surface area (Å²) < 4.78 is 0. The monoisotopic (exact) mass is 308 g/mol. The lowest BCUT2D eigenvalue weighted by Gasteiger charge is -2.49. The number of hydrogen-bond acceptors (Lipinski definition) is 2. The maximum atomic E-state index is 13.1. The Labute approximate surface area is 127 Å². The summed E-state index contributed by atoms with van der Waals surface area (Å²) in [6.45, 7) is 0. The number of carbonyl (C=O) groups excluding carboxylic acids is 2. The van der Waals surface area contributed by atoms with E-state index in [9.17, 15) is 9.59 Å². The van der Waals surface area contributed by atoms with Crippen LogP contribution in [0.5, 0.6) is 0 Å². The normalized spacial score (nSPS) is 61.3. The lowest BCUT2D eigenvalue weighted by atomic mass is 9.59. The third-order valence-corrected chi connectivity index (χ3v) is 7.80. The van der Waals surface area contributed by atoms with Crippen molar-refractivity contribution in [1.29, 1.82) is 0 Å². The summed E-state index contributed by atoms with van der Waals surface area (Å²) in [7, 11) is 0. The highest BCUT2D eigenvalue weighted by Crippen LogP contribution is 2.67. The number of alkyl halides is 2. The Kier molecular flexibility index (Phi) is 1.95. The quantitative estimate of drug-likeness (QED) is 0.509. The van der Waals surface area contributed by atoms with E-state index in [1.807, 2.05) is 12.2 Å². The molecule has 0 amide bonds. The van der Waals surface area contributed by atoms with Crippen molar-refractivity contribution in [2.45, 2.75) is 22.6 Å². The van der Waals surface area contributed by atoms with Crippen LogP contribution in [0.2, 0.25) is 0 Å². The minimum Gasteiger partial charge on any atom is -0.297 e. The molecular formula is C16H14Cl2O2. The summed E-state index contributed by atoms with van der Waals surface area (Å²) >= 11 is 13.6. The molecule has 0 aliphatic heterocycles. The van der Waals surface area contributed by atoms with E-state index in [-0.39, 0.29) is 35.2 Å². The Morgan fingerprint density at radius 3 is 1.60 bits per heavy atom. The number of halogens is 2. The van der Waals surface area contributed by atoms with Gasteiger partial charge in [-0.2, -0.15) is 0 Å². The molecule has 0 saturated heterocycles. The summed E-state index contributed by atoms with van der Waals surface area (Å²) in [6, 6.07) is 0. The highest BCUT2D eigenvalue weighted by Gasteiger charge is 2.76. The molecular weight excluding hydrogens is 295 g/mol. The minimum absolute atomic E-state index is 0.0138. The largest absolute Gasteiger partial charge is 0.297 e. The first-order chi connectivity index (χ1) is 9.49. The van der Waals surface area contributed by atoms with Crippen LogP contribution in [0.3, 0.4) is 0 Å². The van der Waals surface area contributed by atoms with Gasteiger partial charge in [0.25, 0.3) is 0 Å². The van der Waals surface area contributed by atoms with Gasteiger partial charge in [0.1, 0.15) is 9.75 Å². The Morgan fingerprint density at radius 1 is 0.800 bits per heavy atom. The Bertz CT molecular complexity index is 570. The predicted molar refractivity (Wildman–Crippen MR) is 75.6 cm³/mol. The molecule has 4 bridgehead atoms. The van der Waals surface area contributed by atoms with Crippen molar-refractivity contribution in [1.82, 2.24) is 0 Å². The second-order valence-corrected chi connectivity index (χ2v) is 8.25. The van der Waals surface area contributed by atoms with Gasteiger partial charge >= 0.3 is 0 Å². The second kappa shape index (κ2) is 3.25. The van der Waals surface area contributed by atoms with E-state index < -0.39 is 21.6 Å². The number of fused-ring (bicyclic) bond motifs is 10. The minimum atomic E-state index is -1.02. The molecule has 5 aliphatic carbocycles. The molecule has 3 fully saturated rings. The molecule has 3 saturated carbocycles. The Morgan fingerprint density at radius 2 is 1.20 bits per heavy atom. The van der Waals surface area contributed by atoms with E-state index >= 15 is 0 Å². The predicted octanol–water partition coefficient (Wildman–Crippen LogP) is 2.74. The fourth-order valence-corrected chi connectivity index (χ4v) is 6.66. The van der Waals surface area contributed by atoms with E-state index in [0.29, 0.717) is 0 Å². The number of allylic oxidation sites excluding steroid dienone is 4. The molecule has 0 aromatic carbocycles. The topological polar surface area (TPSA) is 34.1 Å². The molecule has 0 heterocycles. The molecule has 8 atom stereocenters. The molecule has 5 aliphatic rings. The van der Waals surface area contributed by atoms with Crippen molar-refractivity contribution in [3.63, 3.8) is 0 Å². The van der Waals surface area contributed by atoms with Crippen LogP contribution in [-0.4, -0.2) is 21.3 Å². The van der Waals surface area contributed by atoms with Crippen molar-refractivity contribution in [2.24, 2.45) is 35.5 Å². The van der Waals surface area contributed by atoms with E-state index in [4.69, 9.17) is 23.2 Å². The van der Waals surface area contributed by atoms with Gasteiger partial charge in [-0.3, -0.25) is 9.59 Å². The van der Waals surface area contributed by atoms with Crippen LogP contribution in [-0.2, 0) is 9.59 Å². The first-order valence-electron chi connectivity index (χ1n) is 7.32. The van der Waals surface area contributed by atoms with Gasteiger partial charge in [-0.25, -0.2) is 0 Å². The highest BCUT2D eigenvalue weighted by molar-refractivity contribution is 6.46. The van der Waals surface area contributed by atoms with E-state index in [1.54, 1.807) is 0 Å². The van der Waals surface area contributed by atoms with Crippen molar-refractivity contribution < 1.29 is 9.59 Å². The zero-order valence-electron chi connectivity index (χ0n) is 10.8. The number of hydrogen-bond donors (Lipinski definition) is 0. The molecule has 0 radical (unpaired) electrons. The van der Waals surface area contributed by atoms with E-state index in [1.165, 1.54) is 0 Å². The summed E-state index contributed by atoms with van der Waals surface area (Å²) in [6.07, 6.45) is 9.84. The Hall–Kier alpha value is -0.600. The Balaban J connectivity index is 1.74. The van der Waals surface area contributed by atoms with Crippen LogP contribution in [0.15, 0.2) is 24.3 Å². The average molecular weight is 309 g/mol. The first kappa shape index (κ1) is 12.0. The van der Waals surface area contributed by atoms with Gasteiger partial charge in [-0.1, -0.05) is 24.3 Å². The number of ketones is 2. The lowest BCUT2D eigenvalue weighted by Crippen LogP contribution is -2.65. The van der Waals surface area contributed by atoms with Gasteiger partial charge in [0, 0.05) is 11.8 Å². The van der Waals surface area contributed by atoms with Gasteiger partial charge in [-0.15, -0.1) is 23.2 Å². The average Bonchev–Trinajstić information content (AvgIpc) is 3.14. The highest BCUT2D eigenvalue weighted by atomic mass is 35.5. The van der Waals surface area contributed by atoms with Gasteiger partial charge in [0.15, 0.2) is 11.6 Å². The van der Waals surface area contributed by atoms with Crippen LogP contribution < -0.4 is 0 Å². The smallest absolute Gasteiger partial charge is 0.161 e. The van der Waals surface area contributed by atoms with Crippen molar-refractivity contribution >= 4 is 34.8 Å². The van der Waals surface area contributed by atoms with Crippen molar-refractivity contribution in [2.75, 3.05) is 0 Å². The maximum absolute atomic E-state index is 13.1. The van der Waals surface area contributed by atoms with Gasteiger partial charge in [0.05, 0.1) is 11.8 Å². The van der Waals surface area contributed by atoms with Crippen LogP contribution in [0.4, 0.5) is 0 Å². The van der Waals surface area contributed by atoms with Gasteiger partial charge < -0.3 is 0 Å². The SMILES string of the molecule is O=C1C2C3C=CC(C3)C2(Cl)C(=O)C2C3C=CC(C3)C12Cl. The summed E-state index contributed by atoms with van der Waals surface area (Å²) in [4.78, 5) is 24.2. The first-order valence-corrected chi connectivity index (χ1v) is 8.07. The second-order valence-electron chi connectivity index (χ2n) is 7.00. The summed E-state index contributed by atoms with van der Waals surface area (Å²) in [5.74, 6) is -0.511. The summed E-state index contributed by atoms with van der Waals surface area (Å²) in [5, 5.41) is 0. The zero-order chi connectivity index (χ0) is 13.9. The molecule has 0 spiro atoms. The number of Topliss-reactive ketones (excluding diaryl/α,β-unsaturated/α-hetero) is 2. The third kappa shape index (κ3) is 0.972. The van der Waals surface area contributed by atoms with E-state index in [0.717, 1.165) is 12.8 Å². The fourth-order valence-electron chi connectivity index (χ4n) is 5.58. The molecule has 2 nitrogen and oxygen atoms in total. The van der Waals surface area contributed by atoms with E-state index in [2.05, 4.69) is 12.2 Å². The molecule has 0 aromatic rings. The van der Waals surface area contributed by atoms with Gasteiger partial charge in [-0.05, 0) is 24.7 Å². The van der Waals surface area contributed by atoms with Gasteiger partial charge in [0.2, 0.25) is 0 Å². The van der Waals surface area contributed by atoms with Crippen LogP contribution in [0.1, 0.15) is 12.8 Å². The fraction of sp³-hybridized carbons (Fsp3) is 0.625. The van der Waals surface area contributed by atoms with Crippen molar-refractivity contribution in [3.8, 4) is 0 Å². The lowest BCUT2D eigenvalue weighted by molar-refractivity contribution is -0.144. The third-order valence-electron chi connectivity index (χ3n) is 6.39. The molecule has 5 rings (SSSR count). The molecule has 0 aromatic heterocycles. The molecule has 20 heavy (non-hydrogen) atoms. The molecule has 0 N–H and O–H groups in total. The summed E-state index contributed by atoms with van der Waals surface area (Å²) in [5.41, 5.74) is 0. The standard InChI is InChI=1S/C16H14Cl2O2/c17-15-9-3-1-7(5-9)11(15)13(19)16(18)10-4-2-8(6-10)12(16)14(15)20/h1-4,7-12H,5-6H2. The molecule has 8 unspecified atom stereocenters. The maximum Gasteiger partial charge on any atom is 0.161 e. The zero-order valence-corrected chi connectivity index (χ0v) is 12.3. The van der Waals surface area contributed by atoms with Crippen LogP contribution in [0.25, 0.3) is 0 Å². The van der Waals surface area contributed by atoms with Crippen LogP contribution >= 0.6 is 23.2 Å². The van der Waals surface area contributed by atoms with Crippen molar-refractivity contribution in [3.05, 3.63) is 24.3 Å².